The van der Waals surface area contributed by atoms with E-state index in [0.717, 1.165) is 11.4 Å². The van der Waals surface area contributed by atoms with Crippen LogP contribution < -0.4 is 0 Å². The van der Waals surface area contributed by atoms with Crippen molar-refractivity contribution in [1.82, 2.24) is 20.2 Å². The lowest BCUT2D eigenvalue weighted by Crippen LogP contribution is -1.73. The van der Waals surface area contributed by atoms with Crippen LogP contribution in [0.1, 0.15) is 11.4 Å². The van der Waals surface area contributed by atoms with Crippen LogP contribution in [0.2, 0.25) is 0 Å². The molecule has 0 saturated heterocycles. The average Bonchev–Trinajstić information content (AvgIpc) is 2.74. The van der Waals surface area contributed by atoms with Gasteiger partial charge in [0.15, 0.2) is 5.82 Å². The van der Waals surface area contributed by atoms with Gasteiger partial charge in [-0.1, -0.05) is 0 Å². The summed E-state index contributed by atoms with van der Waals surface area (Å²) in [6, 6.07) is 1.98. The average molecular weight is 160 g/mol. The van der Waals surface area contributed by atoms with E-state index in [1.165, 1.54) is 0 Å². The number of rotatable bonds is 2. The van der Waals surface area contributed by atoms with Crippen LogP contribution in [0.15, 0.2) is 24.8 Å². The van der Waals surface area contributed by atoms with Crippen LogP contribution in [0.25, 0.3) is 12.2 Å². The first-order chi connectivity index (χ1) is 5.95. The summed E-state index contributed by atoms with van der Waals surface area (Å²) in [7, 11) is 0. The summed E-state index contributed by atoms with van der Waals surface area (Å²) in [6.07, 6.45) is 9.16. The molecule has 12 heavy (non-hydrogen) atoms. The first kappa shape index (κ1) is 6.84. The zero-order valence-corrected chi connectivity index (χ0v) is 6.36. The van der Waals surface area contributed by atoms with Crippen LogP contribution in [0.3, 0.4) is 0 Å². The topological polar surface area (TPSA) is 57.4 Å². The Morgan fingerprint density at radius 3 is 3.00 bits per heavy atom. The van der Waals surface area contributed by atoms with Gasteiger partial charge >= 0.3 is 0 Å². The number of nitrogens with zero attached hydrogens (tertiary/aromatic N) is 2. The van der Waals surface area contributed by atoms with Gasteiger partial charge < -0.3 is 9.97 Å². The number of aromatic nitrogens is 4. The van der Waals surface area contributed by atoms with Gasteiger partial charge in [-0.2, -0.15) is 0 Å². The minimum absolute atomic E-state index is 0.760. The minimum Gasteiger partial charge on any atom is -0.367 e. The molecule has 0 aliphatic carbocycles. The molecular formula is C8H8N4. The molecule has 0 spiro atoms. The maximum atomic E-state index is 3.81. The predicted molar refractivity (Wildman–Crippen MR) is 46.1 cm³/mol. The van der Waals surface area contributed by atoms with Crippen LogP contribution in [0.5, 0.6) is 0 Å². The third-order valence-electron chi connectivity index (χ3n) is 1.49. The third kappa shape index (κ3) is 1.42. The van der Waals surface area contributed by atoms with Crippen molar-refractivity contribution in [2.45, 2.75) is 0 Å². The second-order valence-electron chi connectivity index (χ2n) is 2.35. The van der Waals surface area contributed by atoms with Gasteiger partial charge in [0.1, 0.15) is 6.33 Å². The second kappa shape index (κ2) is 3.04. The molecule has 60 valence electrons. The number of hydrogen-bond acceptors (Lipinski definition) is 2. The fraction of sp³-hybridized carbons (Fsp3) is 0. The van der Waals surface area contributed by atoms with Crippen molar-refractivity contribution in [3.8, 4) is 0 Å². The van der Waals surface area contributed by atoms with Crippen molar-refractivity contribution in [1.29, 1.82) is 0 Å². The molecule has 2 aromatic rings. The van der Waals surface area contributed by atoms with Crippen molar-refractivity contribution >= 4 is 12.2 Å². The number of nitrogens with one attached hydrogen (secondary N) is 2. The molecule has 0 aromatic carbocycles. The van der Waals surface area contributed by atoms with Crippen molar-refractivity contribution in [3.63, 3.8) is 0 Å². The van der Waals surface area contributed by atoms with Crippen LogP contribution in [0, 0.1) is 0 Å². The van der Waals surface area contributed by atoms with E-state index >= 15 is 0 Å². The van der Waals surface area contributed by atoms with E-state index in [0.29, 0.717) is 0 Å². The summed E-state index contributed by atoms with van der Waals surface area (Å²) >= 11 is 0. The molecule has 2 rings (SSSR count). The highest BCUT2D eigenvalue weighted by Crippen LogP contribution is 2.01. The largest absolute Gasteiger partial charge is 0.367 e. The van der Waals surface area contributed by atoms with Gasteiger partial charge in [0.25, 0.3) is 0 Å². The fourth-order valence-electron chi connectivity index (χ4n) is 0.912. The van der Waals surface area contributed by atoms with Crippen LogP contribution in [-0.4, -0.2) is 20.2 Å². The molecule has 4 heteroatoms. The Morgan fingerprint density at radius 1 is 1.33 bits per heavy atom. The lowest BCUT2D eigenvalue weighted by Gasteiger charge is -1.81. The molecule has 0 bridgehead atoms. The van der Waals surface area contributed by atoms with Crippen molar-refractivity contribution in [3.05, 3.63) is 36.2 Å². The highest BCUT2D eigenvalue weighted by atomic mass is 15.2. The first-order valence-corrected chi connectivity index (χ1v) is 3.62. The molecule has 0 radical (unpaired) electrons. The lowest BCUT2D eigenvalue weighted by atomic mass is 10.3. The Balaban J connectivity index is 2.14. The fourth-order valence-corrected chi connectivity index (χ4v) is 0.912. The molecule has 0 unspecified atom stereocenters. The van der Waals surface area contributed by atoms with Gasteiger partial charge in [-0.25, -0.2) is 0 Å². The molecule has 0 saturated carbocycles. The van der Waals surface area contributed by atoms with Crippen LogP contribution >= 0.6 is 0 Å². The quantitative estimate of drug-likeness (QED) is 0.695. The Bertz CT molecular complexity index is 308. The van der Waals surface area contributed by atoms with E-state index in [9.17, 15) is 0 Å². The lowest BCUT2D eigenvalue weighted by molar-refractivity contribution is 1.08. The maximum absolute atomic E-state index is 3.81. The Hall–Kier alpha value is -1.84. The van der Waals surface area contributed by atoms with Gasteiger partial charge in [0, 0.05) is 12.4 Å². The van der Waals surface area contributed by atoms with Crippen LogP contribution in [-0.2, 0) is 0 Å². The van der Waals surface area contributed by atoms with E-state index in [-0.39, 0.29) is 0 Å². The molecule has 0 fully saturated rings. The smallest absolute Gasteiger partial charge is 0.153 e. The molecule has 2 N–H and O–H groups in total. The molecule has 0 aliphatic rings. The van der Waals surface area contributed by atoms with E-state index in [1.54, 1.807) is 6.33 Å². The highest BCUT2D eigenvalue weighted by Gasteiger charge is 1.88. The second-order valence-corrected chi connectivity index (χ2v) is 2.35. The van der Waals surface area contributed by atoms with E-state index in [4.69, 9.17) is 0 Å². The SMILES string of the molecule is C(=C\c1nnc[nH]1)/c1cc[nH]c1. The number of aromatic amines is 2. The molecule has 0 atom stereocenters. The van der Waals surface area contributed by atoms with Gasteiger partial charge in [0.05, 0.1) is 0 Å². The number of hydrogen-bond donors (Lipinski definition) is 2. The van der Waals surface area contributed by atoms with Crippen molar-refractivity contribution < 1.29 is 0 Å². The van der Waals surface area contributed by atoms with Crippen molar-refractivity contribution in [2.75, 3.05) is 0 Å². The van der Waals surface area contributed by atoms with Gasteiger partial charge in [-0.05, 0) is 23.8 Å². The Labute approximate surface area is 69.4 Å². The molecule has 2 aromatic heterocycles. The van der Waals surface area contributed by atoms with Crippen LogP contribution in [0.4, 0.5) is 0 Å². The summed E-state index contributed by atoms with van der Waals surface area (Å²) in [5.41, 5.74) is 1.12. The van der Waals surface area contributed by atoms with Gasteiger partial charge in [-0.3, -0.25) is 0 Å². The summed E-state index contributed by atoms with van der Waals surface area (Å²) in [5.74, 6) is 0.760. The summed E-state index contributed by atoms with van der Waals surface area (Å²) in [4.78, 5) is 5.84. The standard InChI is InChI=1S/C8H8N4/c1(7-3-4-9-5-7)2-8-10-6-11-12-8/h1-6,9H,(H,10,11,12)/b2-1+. The minimum atomic E-state index is 0.760. The zero-order chi connectivity index (χ0) is 8.23. The predicted octanol–water partition coefficient (Wildman–Crippen LogP) is 1.30. The summed E-state index contributed by atoms with van der Waals surface area (Å²) < 4.78 is 0. The van der Waals surface area contributed by atoms with Gasteiger partial charge in [0.2, 0.25) is 0 Å². The summed E-state index contributed by atoms with van der Waals surface area (Å²) in [6.45, 7) is 0. The highest BCUT2D eigenvalue weighted by molar-refractivity contribution is 5.65. The Kier molecular flexibility index (Phi) is 1.74. The van der Waals surface area contributed by atoms with E-state index < -0.39 is 0 Å². The molecule has 4 nitrogen and oxygen atoms in total. The van der Waals surface area contributed by atoms with E-state index in [1.807, 2.05) is 30.6 Å². The maximum Gasteiger partial charge on any atom is 0.153 e. The Morgan fingerprint density at radius 2 is 2.33 bits per heavy atom. The normalized spacial score (nSPS) is 11.0. The molecule has 0 aliphatic heterocycles. The monoisotopic (exact) mass is 160 g/mol. The number of H-pyrrole nitrogens is 2. The molecular weight excluding hydrogens is 152 g/mol. The zero-order valence-electron chi connectivity index (χ0n) is 6.36. The third-order valence-corrected chi connectivity index (χ3v) is 1.49. The summed E-state index contributed by atoms with van der Waals surface area (Å²) in [5, 5.41) is 7.47. The molecule has 2 heterocycles. The van der Waals surface area contributed by atoms with E-state index in [2.05, 4.69) is 20.2 Å². The van der Waals surface area contributed by atoms with Crippen molar-refractivity contribution in [2.24, 2.45) is 0 Å². The molecule has 0 amide bonds. The van der Waals surface area contributed by atoms with Gasteiger partial charge in [-0.15, -0.1) is 10.2 Å². The first-order valence-electron chi connectivity index (χ1n) is 3.62.